The highest BCUT2D eigenvalue weighted by Crippen LogP contribution is 2.23. The van der Waals surface area contributed by atoms with E-state index in [1.807, 2.05) is 31.2 Å². The van der Waals surface area contributed by atoms with Gasteiger partial charge in [0.05, 0.1) is 5.56 Å². The standard InChI is InChI=1S/C18H17NO3/c1-12-3-5-14(6-4-12)7-10-17(21)16-9-8-15(11-18(16)22)19-13(2)20/h3-11,22H,1-2H3,(H,19,20)/b10-7+. The second kappa shape index (κ2) is 6.72. The number of rotatable bonds is 4. The van der Waals surface area contributed by atoms with E-state index in [2.05, 4.69) is 5.32 Å². The van der Waals surface area contributed by atoms with Crippen LogP contribution < -0.4 is 5.32 Å². The van der Waals surface area contributed by atoms with Gasteiger partial charge in [-0.2, -0.15) is 0 Å². The number of nitrogens with one attached hydrogen (secondary N) is 1. The van der Waals surface area contributed by atoms with Crippen molar-refractivity contribution in [3.05, 3.63) is 65.2 Å². The van der Waals surface area contributed by atoms with Crippen LogP contribution in [0.25, 0.3) is 6.08 Å². The van der Waals surface area contributed by atoms with Crippen molar-refractivity contribution in [2.24, 2.45) is 0 Å². The van der Waals surface area contributed by atoms with Gasteiger partial charge in [0, 0.05) is 18.7 Å². The molecule has 0 saturated carbocycles. The molecule has 2 aromatic rings. The predicted molar refractivity (Wildman–Crippen MR) is 87.0 cm³/mol. The summed E-state index contributed by atoms with van der Waals surface area (Å²) in [5.41, 5.74) is 2.70. The van der Waals surface area contributed by atoms with Gasteiger partial charge in [-0.3, -0.25) is 9.59 Å². The SMILES string of the molecule is CC(=O)Nc1ccc(C(=O)/C=C/c2ccc(C)cc2)c(O)c1. The molecule has 0 bridgehead atoms. The minimum atomic E-state index is -0.299. The van der Waals surface area contributed by atoms with Gasteiger partial charge in [-0.15, -0.1) is 0 Å². The Morgan fingerprint density at radius 2 is 1.77 bits per heavy atom. The number of phenolic OH excluding ortho intramolecular Hbond substituents is 1. The molecule has 0 fully saturated rings. The number of benzene rings is 2. The normalized spacial score (nSPS) is 10.6. The Labute approximate surface area is 129 Å². The number of anilines is 1. The van der Waals surface area contributed by atoms with E-state index < -0.39 is 0 Å². The average molecular weight is 295 g/mol. The zero-order chi connectivity index (χ0) is 16.1. The highest BCUT2D eigenvalue weighted by Gasteiger charge is 2.09. The third-order valence-electron chi connectivity index (χ3n) is 3.09. The van der Waals surface area contributed by atoms with Crippen molar-refractivity contribution < 1.29 is 14.7 Å². The number of carbonyl (C=O) groups is 2. The average Bonchev–Trinajstić information content (AvgIpc) is 2.46. The maximum Gasteiger partial charge on any atom is 0.221 e. The molecule has 112 valence electrons. The lowest BCUT2D eigenvalue weighted by molar-refractivity contribution is -0.114. The van der Waals surface area contributed by atoms with Crippen molar-refractivity contribution in [2.75, 3.05) is 5.32 Å². The molecule has 22 heavy (non-hydrogen) atoms. The topological polar surface area (TPSA) is 66.4 Å². The summed E-state index contributed by atoms with van der Waals surface area (Å²) in [5, 5.41) is 12.4. The fourth-order valence-electron chi connectivity index (χ4n) is 1.96. The lowest BCUT2D eigenvalue weighted by Gasteiger charge is -2.05. The molecule has 4 heteroatoms. The van der Waals surface area contributed by atoms with Crippen molar-refractivity contribution in [3.8, 4) is 5.75 Å². The van der Waals surface area contributed by atoms with Crippen LogP contribution in [0.2, 0.25) is 0 Å². The Morgan fingerprint density at radius 3 is 2.36 bits per heavy atom. The first-order chi connectivity index (χ1) is 10.5. The molecule has 0 aromatic heterocycles. The molecule has 4 nitrogen and oxygen atoms in total. The van der Waals surface area contributed by atoms with E-state index in [1.54, 1.807) is 12.1 Å². The Morgan fingerprint density at radius 1 is 1.09 bits per heavy atom. The van der Waals surface area contributed by atoms with E-state index in [0.29, 0.717) is 5.69 Å². The molecule has 0 radical (unpaired) electrons. The van der Waals surface area contributed by atoms with Crippen molar-refractivity contribution in [1.29, 1.82) is 0 Å². The molecular weight excluding hydrogens is 278 g/mol. The highest BCUT2D eigenvalue weighted by molar-refractivity contribution is 6.09. The summed E-state index contributed by atoms with van der Waals surface area (Å²) in [6, 6.07) is 12.2. The molecule has 0 aliphatic heterocycles. The van der Waals surface area contributed by atoms with Gasteiger partial charge in [-0.05, 0) is 30.7 Å². The van der Waals surface area contributed by atoms with E-state index in [-0.39, 0.29) is 23.0 Å². The zero-order valence-corrected chi connectivity index (χ0v) is 12.5. The third kappa shape index (κ3) is 4.06. The number of amides is 1. The number of allylic oxidation sites excluding steroid dienone is 1. The molecule has 2 aromatic carbocycles. The number of aryl methyl sites for hydroxylation is 1. The quantitative estimate of drug-likeness (QED) is 0.669. The van der Waals surface area contributed by atoms with Crippen LogP contribution in [0, 0.1) is 6.92 Å². The first kappa shape index (κ1) is 15.5. The van der Waals surface area contributed by atoms with Gasteiger partial charge < -0.3 is 10.4 Å². The van der Waals surface area contributed by atoms with Crippen molar-refractivity contribution in [3.63, 3.8) is 0 Å². The summed E-state index contributed by atoms with van der Waals surface area (Å²) in [6.07, 6.45) is 3.11. The van der Waals surface area contributed by atoms with Crippen molar-refractivity contribution in [2.45, 2.75) is 13.8 Å². The second-order valence-corrected chi connectivity index (χ2v) is 5.02. The number of phenols is 1. The van der Waals surface area contributed by atoms with E-state index in [9.17, 15) is 14.7 Å². The zero-order valence-electron chi connectivity index (χ0n) is 12.5. The number of aromatic hydroxyl groups is 1. The Bertz CT molecular complexity index is 730. The monoisotopic (exact) mass is 295 g/mol. The second-order valence-electron chi connectivity index (χ2n) is 5.02. The highest BCUT2D eigenvalue weighted by atomic mass is 16.3. The summed E-state index contributed by atoms with van der Waals surface area (Å²) in [4.78, 5) is 23.1. The maximum atomic E-state index is 12.1. The Kier molecular flexibility index (Phi) is 4.73. The van der Waals surface area contributed by atoms with Crippen molar-refractivity contribution in [1.82, 2.24) is 0 Å². The Balaban J connectivity index is 2.15. The van der Waals surface area contributed by atoms with Crippen LogP contribution >= 0.6 is 0 Å². The Hall–Kier alpha value is -2.88. The van der Waals surface area contributed by atoms with Gasteiger partial charge in [0.2, 0.25) is 5.91 Å². The molecule has 1 amide bonds. The minimum absolute atomic E-state index is 0.162. The van der Waals surface area contributed by atoms with Gasteiger partial charge in [-0.1, -0.05) is 35.9 Å². The van der Waals surface area contributed by atoms with Crippen LogP contribution in [-0.2, 0) is 4.79 Å². The van der Waals surface area contributed by atoms with Gasteiger partial charge in [0.1, 0.15) is 5.75 Å². The molecule has 0 aliphatic rings. The van der Waals surface area contributed by atoms with Gasteiger partial charge in [-0.25, -0.2) is 0 Å². The molecule has 0 unspecified atom stereocenters. The molecule has 2 rings (SSSR count). The van der Waals surface area contributed by atoms with E-state index in [4.69, 9.17) is 0 Å². The molecule has 0 aliphatic carbocycles. The van der Waals surface area contributed by atoms with Crippen LogP contribution in [-0.4, -0.2) is 16.8 Å². The van der Waals surface area contributed by atoms with Gasteiger partial charge in [0.25, 0.3) is 0 Å². The van der Waals surface area contributed by atoms with Gasteiger partial charge in [0.15, 0.2) is 5.78 Å². The van der Waals surface area contributed by atoms with Gasteiger partial charge >= 0.3 is 0 Å². The number of ketones is 1. The lowest BCUT2D eigenvalue weighted by atomic mass is 10.1. The third-order valence-corrected chi connectivity index (χ3v) is 3.09. The summed E-state index contributed by atoms with van der Waals surface area (Å²) < 4.78 is 0. The first-order valence-electron chi connectivity index (χ1n) is 6.85. The van der Waals surface area contributed by atoms with E-state index >= 15 is 0 Å². The fourth-order valence-corrected chi connectivity index (χ4v) is 1.96. The fraction of sp³-hybridized carbons (Fsp3) is 0.111. The summed E-state index contributed by atoms with van der Waals surface area (Å²) in [6.45, 7) is 3.37. The van der Waals surface area contributed by atoms with Crippen LogP contribution in [0.3, 0.4) is 0 Å². The molecule has 0 atom stereocenters. The predicted octanol–water partition coefficient (Wildman–Crippen LogP) is 3.56. The summed E-state index contributed by atoms with van der Waals surface area (Å²) in [5.74, 6) is -0.699. The van der Waals surface area contributed by atoms with E-state index in [0.717, 1.165) is 11.1 Å². The minimum Gasteiger partial charge on any atom is -0.507 e. The first-order valence-corrected chi connectivity index (χ1v) is 6.85. The van der Waals surface area contributed by atoms with Crippen molar-refractivity contribution >= 4 is 23.5 Å². The smallest absolute Gasteiger partial charge is 0.221 e. The molecule has 0 saturated heterocycles. The molecular formula is C18H17NO3. The van der Waals surface area contributed by atoms with E-state index in [1.165, 1.54) is 25.1 Å². The van der Waals surface area contributed by atoms with Crippen LogP contribution in [0.15, 0.2) is 48.5 Å². The largest absolute Gasteiger partial charge is 0.507 e. The number of hydrogen-bond donors (Lipinski definition) is 2. The molecule has 0 spiro atoms. The molecule has 2 N–H and O–H groups in total. The molecule has 0 heterocycles. The summed E-state index contributed by atoms with van der Waals surface area (Å²) >= 11 is 0. The number of carbonyl (C=O) groups excluding carboxylic acids is 2. The van der Waals surface area contributed by atoms with Crippen LogP contribution in [0.1, 0.15) is 28.4 Å². The van der Waals surface area contributed by atoms with Crippen LogP contribution in [0.5, 0.6) is 5.75 Å². The maximum absolute atomic E-state index is 12.1. The van der Waals surface area contributed by atoms with Crippen LogP contribution in [0.4, 0.5) is 5.69 Å². The lowest BCUT2D eigenvalue weighted by Crippen LogP contribution is -2.06. The number of hydrogen-bond acceptors (Lipinski definition) is 3. The summed E-state index contributed by atoms with van der Waals surface area (Å²) in [7, 11) is 0.